The molecule has 0 saturated carbocycles. The van der Waals surface area contributed by atoms with Crippen LogP contribution in [0.15, 0.2) is 38.0 Å². The van der Waals surface area contributed by atoms with E-state index >= 15 is 0 Å². The van der Waals surface area contributed by atoms with Crippen molar-refractivity contribution in [2.45, 2.75) is 13.8 Å². The zero-order chi connectivity index (χ0) is 12.0. The van der Waals surface area contributed by atoms with Crippen molar-refractivity contribution in [2.24, 2.45) is 0 Å². The number of hydrogen-bond donors (Lipinski definition) is 0. The van der Waals surface area contributed by atoms with Gasteiger partial charge in [0.05, 0.1) is 7.11 Å². The predicted octanol–water partition coefficient (Wildman–Crippen LogP) is 2.30. The second-order valence-electron chi connectivity index (χ2n) is 1.95. The third-order valence-electron chi connectivity index (χ3n) is 0.655. The highest BCUT2D eigenvalue weighted by atomic mass is 16.5. The fraction of sp³-hybridized carbons (Fsp3) is 0.273. The predicted molar refractivity (Wildman–Crippen MR) is 59.0 cm³/mol. The van der Waals surface area contributed by atoms with Crippen molar-refractivity contribution >= 4 is 11.8 Å². The number of rotatable bonds is 2. The van der Waals surface area contributed by atoms with E-state index in [1.807, 2.05) is 6.92 Å². The maximum Gasteiger partial charge on any atom is 0.329 e. The summed E-state index contributed by atoms with van der Waals surface area (Å²) in [6.45, 7) is 13.1. The summed E-state index contributed by atoms with van der Waals surface area (Å²) in [7, 11) is 1.31. The fourth-order valence-electron chi connectivity index (χ4n) is 0.0833. The van der Waals surface area contributed by atoms with Crippen molar-refractivity contribution in [3.63, 3.8) is 0 Å². The summed E-state index contributed by atoms with van der Waals surface area (Å²) in [4.78, 5) is 19.5. The van der Waals surface area contributed by atoms with Crippen LogP contribution in [0.25, 0.3) is 0 Å². The fourth-order valence-corrected chi connectivity index (χ4v) is 0.0833. The first-order chi connectivity index (χ1) is 6.49. The zero-order valence-corrected chi connectivity index (χ0v) is 9.08. The number of hydrogen-bond acceptors (Lipinski definition) is 3. The van der Waals surface area contributed by atoms with E-state index < -0.39 is 5.97 Å². The molecule has 0 amide bonds. The molecule has 80 valence electrons. The first-order valence-electron chi connectivity index (χ1n) is 3.90. The number of carbonyl (C=O) groups is 2. The van der Waals surface area contributed by atoms with Gasteiger partial charge in [-0.15, -0.1) is 6.58 Å². The second-order valence-corrected chi connectivity index (χ2v) is 1.95. The van der Waals surface area contributed by atoms with Gasteiger partial charge in [0.15, 0.2) is 5.78 Å². The highest BCUT2D eigenvalue weighted by Gasteiger charge is 1.81. The van der Waals surface area contributed by atoms with E-state index in [1.54, 1.807) is 6.08 Å². The Balaban J connectivity index is -0.000000138. The summed E-state index contributed by atoms with van der Waals surface area (Å²) in [5.41, 5.74) is 0. The molecule has 14 heavy (non-hydrogen) atoms. The molecule has 0 fully saturated rings. The molecule has 0 aromatic heterocycles. The average molecular weight is 198 g/mol. The molecule has 0 N–H and O–H groups in total. The molecule has 3 nitrogen and oxygen atoms in total. The highest BCUT2D eigenvalue weighted by Crippen LogP contribution is 1.67. The minimum absolute atomic E-state index is 0.0185. The van der Waals surface area contributed by atoms with Crippen molar-refractivity contribution in [3.8, 4) is 0 Å². The van der Waals surface area contributed by atoms with Gasteiger partial charge in [-0.25, -0.2) is 4.79 Å². The topological polar surface area (TPSA) is 43.4 Å². The molecule has 0 aromatic rings. The normalized spacial score (nSPS) is 6.21. The van der Waals surface area contributed by atoms with Crippen LogP contribution in [0.1, 0.15) is 13.8 Å². The van der Waals surface area contributed by atoms with E-state index in [9.17, 15) is 9.59 Å². The van der Waals surface area contributed by atoms with Gasteiger partial charge in [-0.2, -0.15) is 0 Å². The van der Waals surface area contributed by atoms with Crippen molar-refractivity contribution in [1.29, 1.82) is 0 Å². The summed E-state index contributed by atoms with van der Waals surface area (Å²) in [6, 6.07) is 0. The van der Waals surface area contributed by atoms with Gasteiger partial charge in [0, 0.05) is 6.08 Å². The lowest BCUT2D eigenvalue weighted by Crippen LogP contribution is -1.91. The standard InChI is InChI=1S/C4H6O2.C4H6O.C3H6/c1-3-4(5)6-2;1-3-4(2)5;1-3-2/h3H,1H2,2H3;3H,1H2,2H3;3H,1H2,2H3. The molecule has 0 aliphatic carbocycles. The Bertz CT molecular complexity index is 193. The van der Waals surface area contributed by atoms with Crippen molar-refractivity contribution < 1.29 is 14.3 Å². The van der Waals surface area contributed by atoms with Crippen LogP contribution in [0.3, 0.4) is 0 Å². The van der Waals surface area contributed by atoms with E-state index in [0.717, 1.165) is 6.08 Å². The lowest BCUT2D eigenvalue weighted by molar-refractivity contribution is -0.134. The summed E-state index contributed by atoms with van der Waals surface area (Å²) in [5, 5.41) is 0. The molecule has 0 unspecified atom stereocenters. The Hall–Kier alpha value is -1.64. The Morgan fingerprint density at radius 3 is 1.43 bits per heavy atom. The minimum atomic E-state index is -0.394. The minimum Gasteiger partial charge on any atom is -0.466 e. The van der Waals surface area contributed by atoms with Crippen LogP contribution in [0, 0.1) is 0 Å². The van der Waals surface area contributed by atoms with Gasteiger partial charge in [-0.05, 0) is 19.9 Å². The maximum absolute atomic E-state index is 9.84. The Morgan fingerprint density at radius 2 is 1.43 bits per heavy atom. The van der Waals surface area contributed by atoms with Crippen LogP contribution in [-0.2, 0) is 14.3 Å². The molecule has 0 aromatic carbocycles. The largest absolute Gasteiger partial charge is 0.466 e. The van der Waals surface area contributed by atoms with Crippen LogP contribution in [0.5, 0.6) is 0 Å². The van der Waals surface area contributed by atoms with E-state index in [-0.39, 0.29) is 5.78 Å². The van der Waals surface area contributed by atoms with Gasteiger partial charge in [0.1, 0.15) is 0 Å². The van der Waals surface area contributed by atoms with Crippen LogP contribution in [-0.4, -0.2) is 18.9 Å². The third-order valence-corrected chi connectivity index (χ3v) is 0.655. The van der Waals surface area contributed by atoms with Crippen LogP contribution in [0.2, 0.25) is 0 Å². The average Bonchev–Trinajstić information content (AvgIpc) is 2.18. The number of allylic oxidation sites excluding steroid dienone is 2. The van der Waals surface area contributed by atoms with Crippen LogP contribution >= 0.6 is 0 Å². The smallest absolute Gasteiger partial charge is 0.329 e. The van der Waals surface area contributed by atoms with Gasteiger partial charge in [-0.1, -0.05) is 19.2 Å². The zero-order valence-electron chi connectivity index (χ0n) is 9.08. The molecule has 0 radical (unpaired) electrons. The number of esters is 1. The molecule has 0 heterocycles. The Morgan fingerprint density at radius 1 is 1.14 bits per heavy atom. The van der Waals surface area contributed by atoms with Crippen molar-refractivity contribution in [3.05, 3.63) is 38.0 Å². The second kappa shape index (κ2) is 17.4. The molecule has 0 rings (SSSR count). The summed E-state index contributed by atoms with van der Waals surface area (Å²) in [5.74, 6) is -0.375. The molecule has 0 atom stereocenters. The Kier molecular flexibility index (Phi) is 22.7. The molecular formula is C11H18O3. The first kappa shape index (κ1) is 18.2. The summed E-state index contributed by atoms with van der Waals surface area (Å²) < 4.78 is 4.14. The van der Waals surface area contributed by atoms with Gasteiger partial charge in [-0.3, -0.25) is 4.79 Å². The van der Waals surface area contributed by atoms with Gasteiger partial charge in [0.2, 0.25) is 0 Å². The number of ketones is 1. The van der Waals surface area contributed by atoms with Crippen molar-refractivity contribution in [1.82, 2.24) is 0 Å². The van der Waals surface area contributed by atoms with E-state index in [1.165, 1.54) is 20.1 Å². The van der Waals surface area contributed by atoms with E-state index in [2.05, 4.69) is 24.5 Å². The lowest BCUT2D eigenvalue weighted by Gasteiger charge is -1.83. The van der Waals surface area contributed by atoms with E-state index in [0.29, 0.717) is 0 Å². The summed E-state index contributed by atoms with van der Waals surface area (Å²) in [6.07, 6.45) is 4.14. The molecule has 0 bridgehead atoms. The SMILES string of the molecule is C=CC.C=CC(=O)OC.C=CC(C)=O. The first-order valence-corrected chi connectivity index (χ1v) is 3.90. The molecule has 0 aliphatic rings. The molecule has 3 heteroatoms. The molecule has 0 saturated heterocycles. The summed E-state index contributed by atoms with van der Waals surface area (Å²) >= 11 is 0. The monoisotopic (exact) mass is 198 g/mol. The number of carbonyl (C=O) groups excluding carboxylic acids is 2. The highest BCUT2D eigenvalue weighted by molar-refractivity contribution is 5.86. The molecule has 0 aliphatic heterocycles. The van der Waals surface area contributed by atoms with Crippen LogP contribution < -0.4 is 0 Å². The third kappa shape index (κ3) is 47.7. The molecular weight excluding hydrogens is 180 g/mol. The maximum atomic E-state index is 9.84. The Labute approximate surface area is 85.8 Å². The van der Waals surface area contributed by atoms with Crippen LogP contribution in [0.4, 0.5) is 0 Å². The molecule has 0 spiro atoms. The van der Waals surface area contributed by atoms with Gasteiger partial charge in [0.25, 0.3) is 0 Å². The van der Waals surface area contributed by atoms with Crippen molar-refractivity contribution in [2.75, 3.05) is 7.11 Å². The van der Waals surface area contributed by atoms with Gasteiger partial charge >= 0.3 is 5.97 Å². The van der Waals surface area contributed by atoms with E-state index in [4.69, 9.17) is 0 Å². The lowest BCUT2D eigenvalue weighted by atomic mass is 10.5. The van der Waals surface area contributed by atoms with Gasteiger partial charge < -0.3 is 4.74 Å². The quantitative estimate of drug-likeness (QED) is 0.388. The number of ether oxygens (including phenoxy) is 1. The number of methoxy groups -OCH3 is 1.